The van der Waals surface area contributed by atoms with Crippen molar-refractivity contribution in [1.82, 2.24) is 0 Å². The van der Waals surface area contributed by atoms with E-state index in [1.165, 1.54) is 6.42 Å². The van der Waals surface area contributed by atoms with Crippen molar-refractivity contribution in [2.24, 2.45) is 11.8 Å². The van der Waals surface area contributed by atoms with E-state index in [1.54, 1.807) is 0 Å². The number of benzene rings is 3. The first-order chi connectivity index (χ1) is 17.9. The highest BCUT2D eigenvalue weighted by Crippen LogP contribution is 2.52. The van der Waals surface area contributed by atoms with Gasteiger partial charge in [-0.15, -0.1) is 0 Å². The summed E-state index contributed by atoms with van der Waals surface area (Å²) < 4.78 is 13.1. The Balaban J connectivity index is 1.14. The van der Waals surface area contributed by atoms with Crippen molar-refractivity contribution in [2.75, 3.05) is 27.2 Å². The predicted octanol–water partition coefficient (Wildman–Crippen LogP) is 5.16. The topological polar surface area (TPSA) is 55.8 Å². The molecular weight excluding hydrogens is 462 g/mol. The number of quaternary nitrogens is 1. The molecule has 0 radical (unpaired) electrons. The summed E-state index contributed by atoms with van der Waals surface area (Å²) >= 11 is 0. The van der Waals surface area contributed by atoms with Crippen LogP contribution in [0.15, 0.2) is 78.9 Å². The van der Waals surface area contributed by atoms with E-state index < -0.39 is 11.6 Å². The molecule has 192 valence electrons. The van der Waals surface area contributed by atoms with E-state index in [1.807, 2.05) is 78.9 Å². The van der Waals surface area contributed by atoms with Crippen LogP contribution in [0.4, 0.5) is 0 Å². The molecule has 3 aliphatic rings. The number of esters is 1. The van der Waals surface area contributed by atoms with E-state index in [-0.39, 0.29) is 6.10 Å². The number of carbonyl (C=O) groups is 1. The Labute approximate surface area is 219 Å². The van der Waals surface area contributed by atoms with Crippen LogP contribution in [-0.4, -0.2) is 55.0 Å². The fourth-order valence-electron chi connectivity index (χ4n) is 7.44. The van der Waals surface area contributed by atoms with Crippen LogP contribution in [0.25, 0.3) is 11.1 Å². The number of hydrogen-bond acceptors (Lipinski definition) is 4. The molecule has 2 saturated carbocycles. The van der Waals surface area contributed by atoms with Crippen molar-refractivity contribution in [2.45, 2.75) is 43.4 Å². The third-order valence-electron chi connectivity index (χ3n) is 8.98. The van der Waals surface area contributed by atoms with Gasteiger partial charge in [-0.05, 0) is 42.5 Å². The summed E-state index contributed by atoms with van der Waals surface area (Å²) in [5.41, 5.74) is 1.28. The lowest BCUT2D eigenvalue weighted by molar-refractivity contribution is -0.919. The molecule has 4 atom stereocenters. The first-order valence-electron chi connectivity index (χ1n) is 13.5. The zero-order valence-electron chi connectivity index (χ0n) is 21.7. The van der Waals surface area contributed by atoms with Crippen LogP contribution in [-0.2, 0) is 15.1 Å². The van der Waals surface area contributed by atoms with E-state index >= 15 is 0 Å². The summed E-state index contributed by atoms with van der Waals surface area (Å²) in [5.74, 6) is 1.22. The average molecular weight is 499 g/mol. The summed E-state index contributed by atoms with van der Waals surface area (Å²) in [6.45, 7) is 1.70. The standard InChI is InChI=1S/C32H36NO4/c1-33(2,19-10-20-36-23-11-4-3-5-12-23)30-22-17-18-26(30)29(21-22)37-31(34)32(35)27-15-8-6-13-24(27)25-14-7-9-16-28(25)32/h3-9,11-16,22,26,29-30,35H,10,17-21H2,1-2H3/q+1/t22?,26-,29-,30?/m0/s1. The molecule has 0 aliphatic heterocycles. The fraction of sp³-hybridized carbons (Fsp3) is 0.406. The number of carbonyl (C=O) groups excluding carboxylic acids is 1. The first-order valence-corrected chi connectivity index (χ1v) is 13.5. The molecule has 0 spiro atoms. The Morgan fingerprint density at radius 1 is 0.919 bits per heavy atom. The zero-order valence-corrected chi connectivity index (χ0v) is 21.7. The molecule has 0 heterocycles. The van der Waals surface area contributed by atoms with Crippen LogP contribution in [0.2, 0.25) is 0 Å². The van der Waals surface area contributed by atoms with Gasteiger partial charge in [-0.3, -0.25) is 0 Å². The van der Waals surface area contributed by atoms with Gasteiger partial charge in [0.2, 0.25) is 5.60 Å². The van der Waals surface area contributed by atoms with Gasteiger partial charge < -0.3 is 19.1 Å². The monoisotopic (exact) mass is 498 g/mol. The summed E-state index contributed by atoms with van der Waals surface area (Å²) in [5, 5.41) is 11.9. The Morgan fingerprint density at radius 2 is 1.54 bits per heavy atom. The van der Waals surface area contributed by atoms with Gasteiger partial charge in [0.1, 0.15) is 11.9 Å². The Kier molecular flexibility index (Phi) is 6.09. The molecule has 5 heteroatoms. The molecule has 6 rings (SSSR count). The minimum atomic E-state index is -1.76. The summed E-state index contributed by atoms with van der Waals surface area (Å²) in [4.78, 5) is 13.7. The van der Waals surface area contributed by atoms with Crippen molar-refractivity contribution >= 4 is 5.97 Å². The number of fused-ring (bicyclic) bond motifs is 5. The maximum Gasteiger partial charge on any atom is 0.348 e. The van der Waals surface area contributed by atoms with E-state index in [2.05, 4.69) is 14.1 Å². The quantitative estimate of drug-likeness (QED) is 0.265. The molecule has 37 heavy (non-hydrogen) atoms. The van der Waals surface area contributed by atoms with Crippen LogP contribution < -0.4 is 4.74 Å². The SMILES string of the molecule is C[N+](C)(CCCOc1ccccc1)C1C2CC[C@H]1[C@@H](OC(=O)C1(O)c3ccccc3-c3ccccc31)C2. The zero-order chi connectivity index (χ0) is 25.6. The summed E-state index contributed by atoms with van der Waals surface area (Å²) in [7, 11) is 4.61. The number of aliphatic hydroxyl groups is 1. The molecule has 0 amide bonds. The lowest BCUT2D eigenvalue weighted by Gasteiger charge is -2.39. The molecule has 3 aromatic rings. The van der Waals surface area contributed by atoms with Crippen molar-refractivity contribution < 1.29 is 23.9 Å². The van der Waals surface area contributed by atoms with Gasteiger partial charge in [0.25, 0.3) is 0 Å². The Morgan fingerprint density at radius 3 is 2.22 bits per heavy atom. The van der Waals surface area contributed by atoms with Crippen LogP contribution in [0.1, 0.15) is 36.8 Å². The third kappa shape index (κ3) is 4.05. The highest BCUT2D eigenvalue weighted by Gasteiger charge is 2.58. The van der Waals surface area contributed by atoms with Gasteiger partial charge >= 0.3 is 5.97 Å². The molecule has 5 nitrogen and oxygen atoms in total. The van der Waals surface area contributed by atoms with Crippen molar-refractivity contribution in [3.8, 4) is 16.9 Å². The van der Waals surface area contributed by atoms with Crippen LogP contribution >= 0.6 is 0 Å². The molecular formula is C32H36NO4+. The molecule has 0 aromatic heterocycles. The maximum absolute atomic E-state index is 13.7. The van der Waals surface area contributed by atoms with Gasteiger partial charge in [0.05, 0.1) is 33.3 Å². The Hall–Kier alpha value is -3.15. The number of nitrogens with zero attached hydrogens (tertiary/aromatic N) is 1. The molecule has 3 aromatic carbocycles. The maximum atomic E-state index is 13.7. The van der Waals surface area contributed by atoms with Crippen molar-refractivity contribution in [3.63, 3.8) is 0 Å². The van der Waals surface area contributed by atoms with Crippen LogP contribution in [0, 0.1) is 11.8 Å². The third-order valence-corrected chi connectivity index (χ3v) is 8.98. The minimum Gasteiger partial charge on any atom is -0.493 e. The summed E-state index contributed by atoms with van der Waals surface area (Å²) in [6.07, 6.45) is 3.94. The normalized spacial score (nSPS) is 24.9. The van der Waals surface area contributed by atoms with Gasteiger partial charge in [0.15, 0.2) is 0 Å². The summed E-state index contributed by atoms with van der Waals surface area (Å²) in [6, 6.07) is 25.7. The van der Waals surface area contributed by atoms with Crippen LogP contribution in [0.5, 0.6) is 5.75 Å². The number of para-hydroxylation sites is 1. The molecule has 2 unspecified atom stereocenters. The van der Waals surface area contributed by atoms with E-state index in [0.717, 1.165) is 47.2 Å². The largest absolute Gasteiger partial charge is 0.493 e. The van der Waals surface area contributed by atoms with E-state index in [9.17, 15) is 9.90 Å². The number of rotatable bonds is 8. The van der Waals surface area contributed by atoms with Crippen molar-refractivity contribution in [3.05, 3.63) is 90.0 Å². The number of hydrogen-bond donors (Lipinski definition) is 1. The molecule has 1 N–H and O–H groups in total. The molecule has 0 saturated heterocycles. The van der Waals surface area contributed by atoms with Crippen LogP contribution in [0.3, 0.4) is 0 Å². The van der Waals surface area contributed by atoms with Gasteiger partial charge in [-0.25, -0.2) is 4.79 Å². The average Bonchev–Trinajstić information content (AvgIpc) is 3.57. The molecule has 2 fully saturated rings. The fourth-order valence-corrected chi connectivity index (χ4v) is 7.44. The highest BCUT2D eigenvalue weighted by atomic mass is 16.6. The van der Waals surface area contributed by atoms with Gasteiger partial charge in [-0.2, -0.15) is 0 Å². The molecule has 2 bridgehead atoms. The highest BCUT2D eigenvalue weighted by molar-refractivity contribution is 5.96. The van der Waals surface area contributed by atoms with Gasteiger partial charge in [0, 0.05) is 29.4 Å². The molecule has 3 aliphatic carbocycles. The number of ether oxygens (including phenoxy) is 2. The van der Waals surface area contributed by atoms with Crippen molar-refractivity contribution in [1.29, 1.82) is 0 Å². The lowest BCUT2D eigenvalue weighted by Crippen LogP contribution is -2.53. The first kappa shape index (κ1) is 24.2. The van der Waals surface area contributed by atoms with E-state index in [4.69, 9.17) is 9.47 Å². The second kappa shape index (κ2) is 9.30. The minimum absolute atomic E-state index is 0.154. The lowest BCUT2D eigenvalue weighted by atomic mass is 9.91. The van der Waals surface area contributed by atoms with E-state index in [0.29, 0.717) is 35.6 Å². The smallest absolute Gasteiger partial charge is 0.348 e. The Bertz CT molecular complexity index is 1240. The second-order valence-electron chi connectivity index (χ2n) is 11.5. The van der Waals surface area contributed by atoms with Gasteiger partial charge in [-0.1, -0.05) is 66.7 Å². The second-order valence-corrected chi connectivity index (χ2v) is 11.5. The predicted molar refractivity (Wildman–Crippen MR) is 143 cm³/mol.